The number of imidazole rings is 1. The zero-order valence-corrected chi connectivity index (χ0v) is 12.2. The summed E-state index contributed by atoms with van der Waals surface area (Å²) in [6.45, 7) is 0.127. The number of methoxy groups -OCH3 is 1. The maximum atomic E-state index is 11.9. The maximum absolute atomic E-state index is 11.9. The molecule has 0 unspecified atom stereocenters. The fourth-order valence-corrected chi connectivity index (χ4v) is 1.83. The van der Waals surface area contributed by atoms with Crippen LogP contribution in [0.25, 0.3) is 0 Å². The summed E-state index contributed by atoms with van der Waals surface area (Å²) >= 11 is 0. The van der Waals surface area contributed by atoms with Gasteiger partial charge in [0.25, 0.3) is 5.91 Å². The minimum Gasteiger partial charge on any atom is -0.506 e. The molecule has 2 rings (SSSR count). The first-order valence-electron chi connectivity index (χ1n) is 6.47. The lowest BCUT2D eigenvalue weighted by atomic mass is 10.2. The zero-order chi connectivity index (χ0) is 16.1. The molecule has 0 radical (unpaired) electrons. The normalized spacial score (nSPS) is 10.1. The van der Waals surface area contributed by atoms with E-state index >= 15 is 0 Å². The van der Waals surface area contributed by atoms with Gasteiger partial charge < -0.3 is 15.2 Å². The van der Waals surface area contributed by atoms with Gasteiger partial charge in [0.1, 0.15) is 18.1 Å². The molecule has 2 amide bonds. The van der Waals surface area contributed by atoms with Crippen molar-refractivity contribution in [2.24, 2.45) is 7.05 Å². The summed E-state index contributed by atoms with van der Waals surface area (Å²) in [7, 11) is 3.10. The second-order valence-electron chi connectivity index (χ2n) is 4.65. The average molecular weight is 305 g/mol. The number of rotatable bonds is 4. The van der Waals surface area contributed by atoms with Crippen LogP contribution in [-0.4, -0.2) is 28.8 Å². The monoisotopic (exact) mass is 305 g/mol. The summed E-state index contributed by atoms with van der Waals surface area (Å²) < 4.78 is 7.98. The number of amides is 2. The third-order valence-electron chi connectivity index (χ3n) is 2.85. The van der Waals surface area contributed by atoms with E-state index in [0.29, 0.717) is 5.69 Å². The number of aryl methyl sites for hydroxylation is 1. The zero-order valence-electron chi connectivity index (χ0n) is 12.2. The van der Waals surface area contributed by atoms with Gasteiger partial charge in [-0.05, 0) is 12.1 Å². The van der Waals surface area contributed by atoms with E-state index in [0.717, 1.165) is 0 Å². The van der Waals surface area contributed by atoms with Crippen molar-refractivity contribution in [3.63, 3.8) is 0 Å². The number of hydrogen-bond donors (Lipinski definition) is 3. The van der Waals surface area contributed by atoms with Gasteiger partial charge in [0.2, 0.25) is 6.33 Å². The predicted molar refractivity (Wildman–Crippen MR) is 78.4 cm³/mol. The average Bonchev–Trinajstić information content (AvgIpc) is 2.87. The molecule has 0 aliphatic rings. The van der Waals surface area contributed by atoms with E-state index in [1.54, 1.807) is 23.2 Å². The second-order valence-corrected chi connectivity index (χ2v) is 4.65. The SMILES string of the molecule is COC(=O)Nc1ccc(NC(=O)Cn2cc[n+](C)c2)c(O)c1. The number of nitrogens with one attached hydrogen (secondary N) is 2. The fourth-order valence-electron chi connectivity index (χ4n) is 1.83. The first-order chi connectivity index (χ1) is 10.5. The number of aromatic nitrogens is 2. The van der Waals surface area contributed by atoms with Gasteiger partial charge in [-0.25, -0.2) is 13.9 Å². The molecule has 1 aromatic heterocycles. The van der Waals surface area contributed by atoms with Gasteiger partial charge in [0.15, 0.2) is 6.54 Å². The van der Waals surface area contributed by atoms with Crippen molar-refractivity contribution in [2.45, 2.75) is 6.54 Å². The lowest BCUT2D eigenvalue weighted by Gasteiger charge is -2.09. The number of nitrogens with zero attached hydrogens (tertiary/aromatic N) is 2. The predicted octanol–water partition coefficient (Wildman–Crippen LogP) is 0.835. The summed E-state index contributed by atoms with van der Waals surface area (Å²) in [5, 5.41) is 14.9. The molecule has 22 heavy (non-hydrogen) atoms. The van der Waals surface area contributed by atoms with Gasteiger partial charge in [-0.3, -0.25) is 10.1 Å². The molecule has 1 heterocycles. The highest BCUT2D eigenvalue weighted by molar-refractivity contribution is 5.93. The van der Waals surface area contributed by atoms with Crippen LogP contribution in [0.15, 0.2) is 36.9 Å². The van der Waals surface area contributed by atoms with E-state index in [1.807, 2.05) is 17.8 Å². The van der Waals surface area contributed by atoms with Crippen LogP contribution in [0, 0.1) is 0 Å². The number of carbonyl (C=O) groups excluding carboxylic acids is 2. The highest BCUT2D eigenvalue weighted by Crippen LogP contribution is 2.26. The van der Waals surface area contributed by atoms with Crippen LogP contribution in [0.3, 0.4) is 0 Å². The van der Waals surface area contributed by atoms with Crippen LogP contribution in [0.4, 0.5) is 16.2 Å². The summed E-state index contributed by atoms with van der Waals surface area (Å²) in [6, 6.07) is 4.36. The Hall–Kier alpha value is -3.03. The molecule has 2 aromatic rings. The van der Waals surface area contributed by atoms with Crippen molar-refractivity contribution < 1.29 is 24.0 Å². The first-order valence-corrected chi connectivity index (χ1v) is 6.47. The van der Waals surface area contributed by atoms with Gasteiger partial charge >= 0.3 is 6.09 Å². The Morgan fingerprint density at radius 3 is 2.73 bits per heavy atom. The molecule has 8 heteroatoms. The molecule has 0 aliphatic carbocycles. The highest BCUT2D eigenvalue weighted by atomic mass is 16.5. The number of carbonyl (C=O) groups is 2. The largest absolute Gasteiger partial charge is 0.506 e. The molecule has 0 bridgehead atoms. The second kappa shape index (κ2) is 6.61. The van der Waals surface area contributed by atoms with Gasteiger partial charge in [-0.1, -0.05) is 0 Å². The van der Waals surface area contributed by atoms with Gasteiger partial charge in [0.05, 0.1) is 19.8 Å². The lowest BCUT2D eigenvalue weighted by Crippen LogP contribution is -2.25. The summed E-state index contributed by atoms with van der Waals surface area (Å²) in [6.07, 6.45) is 4.71. The van der Waals surface area contributed by atoms with Crippen LogP contribution in [0.2, 0.25) is 0 Å². The van der Waals surface area contributed by atoms with Crippen LogP contribution in [0.1, 0.15) is 0 Å². The summed E-state index contributed by atoms with van der Waals surface area (Å²) in [5.41, 5.74) is 0.622. The maximum Gasteiger partial charge on any atom is 0.411 e. The number of phenols is 1. The van der Waals surface area contributed by atoms with E-state index in [-0.39, 0.29) is 23.9 Å². The molecule has 0 saturated heterocycles. The van der Waals surface area contributed by atoms with E-state index in [2.05, 4.69) is 15.4 Å². The van der Waals surface area contributed by atoms with Crippen molar-refractivity contribution in [1.82, 2.24) is 4.57 Å². The topological polar surface area (TPSA) is 96.5 Å². The smallest absolute Gasteiger partial charge is 0.411 e. The Labute approximate surface area is 126 Å². The lowest BCUT2D eigenvalue weighted by molar-refractivity contribution is -0.671. The highest BCUT2D eigenvalue weighted by Gasteiger charge is 2.11. The third kappa shape index (κ3) is 3.98. The van der Waals surface area contributed by atoms with E-state index < -0.39 is 6.09 Å². The molecule has 0 saturated carbocycles. The molecule has 0 spiro atoms. The fraction of sp³-hybridized carbons (Fsp3) is 0.214. The molecule has 0 aliphatic heterocycles. The molecule has 1 aromatic carbocycles. The van der Waals surface area contributed by atoms with Crippen molar-refractivity contribution in [2.75, 3.05) is 17.7 Å². The standard InChI is InChI=1S/C14H16N4O4/c1-17-5-6-18(9-17)8-13(20)16-11-4-3-10(7-12(11)19)15-14(21)22-2/h3-7,9H,8H2,1-2H3,(H2-,15,16,19,20,21)/p+1. The summed E-state index contributed by atoms with van der Waals surface area (Å²) in [4.78, 5) is 23.0. The Balaban J connectivity index is 2.00. The molecule has 8 nitrogen and oxygen atoms in total. The quantitative estimate of drug-likeness (QED) is 0.576. The van der Waals surface area contributed by atoms with Gasteiger partial charge in [0, 0.05) is 11.8 Å². The van der Waals surface area contributed by atoms with Crippen molar-refractivity contribution >= 4 is 23.4 Å². The Bertz CT molecular complexity index is 696. The molecule has 3 N–H and O–H groups in total. The number of anilines is 2. The molecular formula is C14H17N4O4+. The first kappa shape index (κ1) is 15.4. The number of aromatic hydroxyl groups is 1. The molecule has 116 valence electrons. The van der Waals surface area contributed by atoms with Crippen molar-refractivity contribution in [3.8, 4) is 5.75 Å². The third-order valence-corrected chi connectivity index (χ3v) is 2.85. The van der Waals surface area contributed by atoms with Crippen LogP contribution < -0.4 is 15.2 Å². The van der Waals surface area contributed by atoms with Crippen LogP contribution in [-0.2, 0) is 23.1 Å². The van der Waals surface area contributed by atoms with Crippen molar-refractivity contribution in [1.29, 1.82) is 0 Å². The van der Waals surface area contributed by atoms with Crippen LogP contribution >= 0.6 is 0 Å². The number of benzene rings is 1. The minimum atomic E-state index is -0.642. The Morgan fingerprint density at radius 1 is 1.36 bits per heavy atom. The minimum absolute atomic E-state index is 0.127. The van der Waals surface area contributed by atoms with E-state index in [9.17, 15) is 14.7 Å². The van der Waals surface area contributed by atoms with Gasteiger partial charge in [-0.2, -0.15) is 0 Å². The number of phenolic OH excluding ortho intramolecular Hbond substituents is 1. The Morgan fingerprint density at radius 2 is 2.14 bits per heavy atom. The molecule has 0 atom stereocenters. The molecular weight excluding hydrogens is 288 g/mol. The number of hydrogen-bond acceptors (Lipinski definition) is 4. The summed E-state index contributed by atoms with van der Waals surface area (Å²) in [5.74, 6) is -0.430. The number of ether oxygens (including phenoxy) is 1. The van der Waals surface area contributed by atoms with Crippen LogP contribution in [0.5, 0.6) is 5.75 Å². The Kier molecular flexibility index (Phi) is 4.62. The van der Waals surface area contributed by atoms with Crippen molar-refractivity contribution in [3.05, 3.63) is 36.9 Å². The van der Waals surface area contributed by atoms with Gasteiger partial charge in [-0.15, -0.1) is 0 Å². The molecule has 0 fully saturated rings. The van der Waals surface area contributed by atoms with E-state index in [4.69, 9.17) is 0 Å². The van der Waals surface area contributed by atoms with E-state index in [1.165, 1.54) is 19.2 Å².